The summed E-state index contributed by atoms with van der Waals surface area (Å²) in [5, 5.41) is 0. The lowest BCUT2D eigenvalue weighted by atomic mass is 9.97. The molecule has 0 saturated carbocycles. The number of amides is 1. The van der Waals surface area contributed by atoms with Gasteiger partial charge in [-0.1, -0.05) is 0 Å². The van der Waals surface area contributed by atoms with E-state index in [4.69, 9.17) is 5.73 Å². The van der Waals surface area contributed by atoms with Gasteiger partial charge in [-0.3, -0.25) is 4.79 Å². The molecular formula is C14H18N2O3. The molecule has 102 valence electrons. The van der Waals surface area contributed by atoms with Gasteiger partial charge in [0.25, 0.3) is 0 Å². The fraction of sp³-hybridized carbons (Fsp3) is 0.429. The average molecular weight is 262 g/mol. The van der Waals surface area contributed by atoms with Gasteiger partial charge in [-0.15, -0.1) is 0 Å². The Labute approximate surface area is 112 Å². The molecule has 0 bridgehead atoms. The molecule has 1 aliphatic rings. The molecule has 0 aliphatic carbocycles. The SMILES string of the molecule is COC(=O)c1ccc(N2CCCC(C(N)=O)C2)cc1. The summed E-state index contributed by atoms with van der Waals surface area (Å²) >= 11 is 0. The molecule has 1 aromatic rings. The lowest BCUT2D eigenvalue weighted by Crippen LogP contribution is -2.41. The van der Waals surface area contributed by atoms with Gasteiger partial charge in [0.05, 0.1) is 18.6 Å². The van der Waals surface area contributed by atoms with Crippen LogP contribution in [0.3, 0.4) is 0 Å². The van der Waals surface area contributed by atoms with Gasteiger partial charge in [0.2, 0.25) is 5.91 Å². The lowest BCUT2D eigenvalue weighted by molar-refractivity contribution is -0.122. The Morgan fingerprint density at radius 2 is 2.00 bits per heavy atom. The minimum absolute atomic E-state index is 0.0889. The molecule has 5 heteroatoms. The third-order valence-electron chi connectivity index (χ3n) is 3.48. The minimum Gasteiger partial charge on any atom is -0.465 e. The molecule has 2 N–H and O–H groups in total. The third kappa shape index (κ3) is 3.05. The summed E-state index contributed by atoms with van der Waals surface area (Å²) in [6, 6.07) is 7.20. The number of piperidine rings is 1. The van der Waals surface area contributed by atoms with E-state index in [1.165, 1.54) is 7.11 Å². The number of ether oxygens (including phenoxy) is 1. The van der Waals surface area contributed by atoms with Gasteiger partial charge in [-0.2, -0.15) is 0 Å². The predicted molar refractivity (Wildman–Crippen MR) is 71.9 cm³/mol. The molecule has 1 fully saturated rings. The molecule has 2 rings (SSSR count). The van der Waals surface area contributed by atoms with E-state index >= 15 is 0 Å². The van der Waals surface area contributed by atoms with Gasteiger partial charge < -0.3 is 15.4 Å². The van der Waals surface area contributed by atoms with Crippen molar-refractivity contribution >= 4 is 17.6 Å². The van der Waals surface area contributed by atoms with Crippen LogP contribution in [0, 0.1) is 5.92 Å². The minimum atomic E-state index is -0.347. The number of hydrogen-bond donors (Lipinski definition) is 1. The normalized spacial score (nSPS) is 19.0. The van der Waals surface area contributed by atoms with Crippen molar-refractivity contribution in [1.29, 1.82) is 0 Å². The van der Waals surface area contributed by atoms with Crippen LogP contribution in [0.4, 0.5) is 5.69 Å². The topological polar surface area (TPSA) is 72.6 Å². The zero-order valence-electron chi connectivity index (χ0n) is 11.0. The fourth-order valence-electron chi connectivity index (χ4n) is 2.37. The van der Waals surface area contributed by atoms with Crippen LogP contribution in [0.2, 0.25) is 0 Å². The van der Waals surface area contributed by atoms with Gasteiger partial charge in [0.15, 0.2) is 0 Å². The van der Waals surface area contributed by atoms with Crippen molar-refractivity contribution in [3.63, 3.8) is 0 Å². The van der Waals surface area contributed by atoms with E-state index in [0.29, 0.717) is 12.1 Å². The number of anilines is 1. The number of benzene rings is 1. The largest absolute Gasteiger partial charge is 0.465 e. The summed E-state index contributed by atoms with van der Waals surface area (Å²) in [7, 11) is 1.36. The predicted octanol–water partition coefficient (Wildman–Crippen LogP) is 1.17. The van der Waals surface area contributed by atoms with E-state index < -0.39 is 0 Å². The average Bonchev–Trinajstić information content (AvgIpc) is 2.46. The van der Waals surface area contributed by atoms with Gasteiger partial charge in [-0.25, -0.2) is 4.79 Å². The molecule has 1 aromatic carbocycles. The second-order valence-corrected chi connectivity index (χ2v) is 4.73. The smallest absolute Gasteiger partial charge is 0.337 e. The van der Waals surface area contributed by atoms with Crippen molar-refractivity contribution in [1.82, 2.24) is 0 Å². The number of nitrogens with zero attached hydrogens (tertiary/aromatic N) is 1. The summed E-state index contributed by atoms with van der Waals surface area (Å²) in [4.78, 5) is 24.7. The quantitative estimate of drug-likeness (QED) is 0.830. The van der Waals surface area contributed by atoms with E-state index in [-0.39, 0.29) is 17.8 Å². The van der Waals surface area contributed by atoms with Crippen molar-refractivity contribution in [3.8, 4) is 0 Å². The van der Waals surface area contributed by atoms with E-state index in [1.807, 2.05) is 12.1 Å². The zero-order valence-corrected chi connectivity index (χ0v) is 11.0. The molecule has 1 saturated heterocycles. The van der Waals surface area contributed by atoms with E-state index in [0.717, 1.165) is 25.1 Å². The molecule has 1 aliphatic heterocycles. The summed E-state index contributed by atoms with van der Waals surface area (Å²) < 4.78 is 4.66. The molecule has 5 nitrogen and oxygen atoms in total. The van der Waals surface area contributed by atoms with Crippen LogP contribution in [-0.2, 0) is 9.53 Å². The molecule has 0 spiro atoms. The molecule has 0 aromatic heterocycles. The van der Waals surface area contributed by atoms with Crippen molar-refractivity contribution in [2.24, 2.45) is 11.7 Å². The van der Waals surface area contributed by atoms with Gasteiger partial charge in [-0.05, 0) is 37.1 Å². The number of nitrogens with two attached hydrogens (primary N) is 1. The Hall–Kier alpha value is -2.04. The highest BCUT2D eigenvalue weighted by Gasteiger charge is 2.24. The van der Waals surface area contributed by atoms with Crippen LogP contribution in [0.15, 0.2) is 24.3 Å². The Morgan fingerprint density at radius 1 is 1.32 bits per heavy atom. The second kappa shape index (κ2) is 5.73. The monoisotopic (exact) mass is 262 g/mol. The highest BCUT2D eigenvalue weighted by Crippen LogP contribution is 2.23. The standard InChI is InChI=1S/C14H18N2O3/c1-19-14(18)10-4-6-12(7-5-10)16-8-2-3-11(9-16)13(15)17/h4-7,11H,2-3,8-9H2,1H3,(H2,15,17). The van der Waals surface area contributed by atoms with E-state index in [2.05, 4.69) is 9.64 Å². The maximum atomic E-state index is 11.3. The van der Waals surface area contributed by atoms with Gasteiger partial charge >= 0.3 is 5.97 Å². The maximum absolute atomic E-state index is 11.3. The molecule has 1 atom stereocenters. The van der Waals surface area contributed by atoms with Gasteiger partial charge in [0.1, 0.15) is 0 Å². The number of carbonyl (C=O) groups excluding carboxylic acids is 2. The molecule has 1 amide bonds. The molecule has 1 heterocycles. The number of rotatable bonds is 3. The van der Waals surface area contributed by atoms with E-state index in [9.17, 15) is 9.59 Å². The molecule has 19 heavy (non-hydrogen) atoms. The molecular weight excluding hydrogens is 244 g/mol. The number of methoxy groups -OCH3 is 1. The first-order chi connectivity index (χ1) is 9.11. The van der Waals surface area contributed by atoms with Crippen molar-refractivity contribution in [2.75, 3.05) is 25.1 Å². The van der Waals surface area contributed by atoms with Crippen LogP contribution in [0.25, 0.3) is 0 Å². The highest BCUT2D eigenvalue weighted by atomic mass is 16.5. The Balaban J connectivity index is 2.09. The van der Waals surface area contributed by atoms with E-state index in [1.54, 1.807) is 12.1 Å². The summed E-state index contributed by atoms with van der Waals surface area (Å²) in [5.74, 6) is -0.676. The third-order valence-corrected chi connectivity index (χ3v) is 3.48. The Morgan fingerprint density at radius 3 is 2.58 bits per heavy atom. The number of carbonyl (C=O) groups is 2. The first kappa shape index (κ1) is 13.4. The maximum Gasteiger partial charge on any atom is 0.337 e. The van der Waals surface area contributed by atoms with Crippen molar-refractivity contribution in [3.05, 3.63) is 29.8 Å². The Kier molecular flexibility index (Phi) is 4.04. The molecule has 1 unspecified atom stereocenters. The Bertz CT molecular complexity index is 470. The second-order valence-electron chi connectivity index (χ2n) is 4.73. The lowest BCUT2D eigenvalue weighted by Gasteiger charge is -2.33. The first-order valence-corrected chi connectivity index (χ1v) is 6.34. The van der Waals surface area contributed by atoms with Crippen LogP contribution in [-0.4, -0.2) is 32.1 Å². The number of primary amides is 1. The van der Waals surface area contributed by atoms with Gasteiger partial charge in [0, 0.05) is 18.8 Å². The van der Waals surface area contributed by atoms with Crippen molar-refractivity contribution < 1.29 is 14.3 Å². The number of hydrogen-bond acceptors (Lipinski definition) is 4. The fourth-order valence-corrected chi connectivity index (χ4v) is 2.37. The zero-order chi connectivity index (χ0) is 13.8. The van der Waals surface area contributed by atoms with Crippen LogP contribution in [0.5, 0.6) is 0 Å². The summed E-state index contributed by atoms with van der Waals surface area (Å²) in [6.45, 7) is 1.55. The van der Waals surface area contributed by atoms with Crippen molar-refractivity contribution in [2.45, 2.75) is 12.8 Å². The first-order valence-electron chi connectivity index (χ1n) is 6.34. The summed E-state index contributed by atoms with van der Waals surface area (Å²) in [5.41, 5.74) is 6.88. The number of esters is 1. The van der Waals surface area contributed by atoms with Crippen LogP contribution in [0.1, 0.15) is 23.2 Å². The molecule has 0 radical (unpaired) electrons. The van der Waals surface area contributed by atoms with Crippen LogP contribution >= 0.6 is 0 Å². The summed E-state index contributed by atoms with van der Waals surface area (Å²) in [6.07, 6.45) is 1.80. The highest BCUT2D eigenvalue weighted by molar-refractivity contribution is 5.89. The van der Waals surface area contributed by atoms with Crippen LogP contribution < -0.4 is 10.6 Å².